The molecule has 30 heavy (non-hydrogen) atoms. The molecule has 1 heterocycles. The Morgan fingerprint density at radius 1 is 1.20 bits per heavy atom. The quantitative estimate of drug-likeness (QED) is 0.338. The third kappa shape index (κ3) is 5.28. The lowest BCUT2D eigenvalue weighted by atomic mass is 10.2. The molecule has 3 aromatic rings. The van der Waals surface area contributed by atoms with Crippen LogP contribution in [0, 0.1) is 0 Å². The molecule has 0 saturated carbocycles. The summed E-state index contributed by atoms with van der Waals surface area (Å²) in [7, 11) is 1.62. The minimum Gasteiger partial charge on any atom is -0.495 e. The van der Waals surface area contributed by atoms with Crippen LogP contribution in [0.1, 0.15) is 35.9 Å². The van der Waals surface area contributed by atoms with Gasteiger partial charge in [-0.2, -0.15) is 0 Å². The second-order valence-corrected chi connectivity index (χ2v) is 8.32. The van der Waals surface area contributed by atoms with Crippen LogP contribution in [0.15, 0.2) is 47.6 Å². The number of benzene rings is 2. The fourth-order valence-electron chi connectivity index (χ4n) is 2.80. The summed E-state index contributed by atoms with van der Waals surface area (Å²) in [4.78, 5) is 12.6. The van der Waals surface area contributed by atoms with Crippen LogP contribution in [0.3, 0.4) is 0 Å². The van der Waals surface area contributed by atoms with Crippen LogP contribution in [0.2, 0.25) is 10.0 Å². The lowest BCUT2D eigenvalue weighted by molar-refractivity contribution is 0.0950. The summed E-state index contributed by atoms with van der Waals surface area (Å²) in [6.45, 7) is 2.32. The number of ether oxygens (including phenoxy) is 1. The Hall–Kier alpha value is -2.22. The summed E-state index contributed by atoms with van der Waals surface area (Å²) in [5.74, 6) is 1.91. The van der Waals surface area contributed by atoms with Gasteiger partial charge in [-0.15, -0.1) is 10.2 Å². The van der Waals surface area contributed by atoms with Crippen molar-refractivity contribution in [2.24, 2.45) is 0 Å². The lowest BCUT2D eigenvalue weighted by Crippen LogP contribution is -2.25. The molecule has 9 heteroatoms. The van der Waals surface area contributed by atoms with Gasteiger partial charge in [-0.1, -0.05) is 60.4 Å². The van der Waals surface area contributed by atoms with Crippen molar-refractivity contribution in [3.05, 3.63) is 63.9 Å². The number of halogens is 2. The molecular formula is C21H22Cl2N4O2S. The van der Waals surface area contributed by atoms with Gasteiger partial charge in [0.25, 0.3) is 5.91 Å². The Morgan fingerprint density at radius 2 is 2.00 bits per heavy atom. The Kier molecular flexibility index (Phi) is 8.01. The van der Waals surface area contributed by atoms with Crippen LogP contribution < -0.4 is 10.1 Å². The molecule has 0 radical (unpaired) electrons. The van der Waals surface area contributed by atoms with Gasteiger partial charge < -0.3 is 10.1 Å². The maximum absolute atomic E-state index is 12.6. The monoisotopic (exact) mass is 464 g/mol. The predicted molar refractivity (Wildman–Crippen MR) is 121 cm³/mol. The van der Waals surface area contributed by atoms with E-state index in [1.54, 1.807) is 31.0 Å². The molecule has 1 N–H and O–H groups in total. The number of amides is 1. The van der Waals surface area contributed by atoms with Crippen molar-refractivity contribution in [1.29, 1.82) is 0 Å². The average Bonchev–Trinajstić information content (AvgIpc) is 3.14. The highest BCUT2D eigenvalue weighted by molar-refractivity contribution is 7.99. The largest absolute Gasteiger partial charge is 0.495 e. The molecule has 0 spiro atoms. The first kappa shape index (κ1) is 22.5. The fraction of sp³-hybridized carbons (Fsp3) is 0.286. The molecule has 0 aliphatic carbocycles. The Morgan fingerprint density at radius 3 is 2.73 bits per heavy atom. The normalized spacial score (nSPS) is 10.8. The van der Waals surface area contributed by atoms with Gasteiger partial charge in [0.2, 0.25) is 0 Å². The van der Waals surface area contributed by atoms with Gasteiger partial charge in [0, 0.05) is 10.8 Å². The molecule has 158 valence electrons. The molecule has 2 aromatic carbocycles. The number of nitrogens with zero attached hydrogens (tertiary/aromatic N) is 3. The Balaban J connectivity index is 1.87. The topological polar surface area (TPSA) is 69.0 Å². The lowest BCUT2D eigenvalue weighted by Gasteiger charge is -2.14. The Labute approximate surface area is 189 Å². The second-order valence-electron chi connectivity index (χ2n) is 6.41. The number of aromatic nitrogens is 3. The summed E-state index contributed by atoms with van der Waals surface area (Å²) < 4.78 is 7.44. The van der Waals surface area contributed by atoms with Crippen LogP contribution >= 0.6 is 35.0 Å². The SMILES string of the molecule is CCCCSc1nnc(CNC(=O)c2ccc(Cl)cc2Cl)n1-c1ccccc1OC. The van der Waals surface area contributed by atoms with E-state index < -0.39 is 0 Å². The van der Waals surface area contributed by atoms with Gasteiger partial charge in [-0.25, -0.2) is 0 Å². The van der Waals surface area contributed by atoms with Crippen LogP contribution in [-0.2, 0) is 6.54 Å². The zero-order chi connectivity index (χ0) is 21.5. The number of unbranched alkanes of at least 4 members (excludes halogenated alkanes) is 1. The summed E-state index contributed by atoms with van der Waals surface area (Å²) in [6, 6.07) is 12.4. The third-order valence-electron chi connectivity index (χ3n) is 4.34. The van der Waals surface area contributed by atoms with Gasteiger partial charge in [-0.3, -0.25) is 9.36 Å². The highest BCUT2D eigenvalue weighted by Crippen LogP contribution is 2.29. The van der Waals surface area contributed by atoms with Gasteiger partial charge in [0.1, 0.15) is 5.75 Å². The highest BCUT2D eigenvalue weighted by Gasteiger charge is 2.19. The molecule has 0 fully saturated rings. The smallest absolute Gasteiger partial charge is 0.253 e. The van der Waals surface area contributed by atoms with Crippen molar-refractivity contribution in [3.63, 3.8) is 0 Å². The molecule has 3 rings (SSSR count). The minimum atomic E-state index is -0.313. The fourth-order valence-corrected chi connectivity index (χ4v) is 4.34. The van der Waals surface area contributed by atoms with Crippen LogP contribution in [0.4, 0.5) is 0 Å². The molecule has 1 aromatic heterocycles. The number of thioether (sulfide) groups is 1. The number of hydrogen-bond acceptors (Lipinski definition) is 5. The van der Waals surface area contributed by atoms with E-state index in [0.29, 0.717) is 27.2 Å². The molecule has 0 unspecified atom stereocenters. The van der Waals surface area contributed by atoms with Crippen LogP contribution in [0.25, 0.3) is 5.69 Å². The van der Waals surface area contributed by atoms with E-state index in [-0.39, 0.29) is 12.5 Å². The van der Waals surface area contributed by atoms with E-state index in [9.17, 15) is 4.79 Å². The summed E-state index contributed by atoms with van der Waals surface area (Å²) in [6.07, 6.45) is 2.17. The Bertz CT molecular complexity index is 1030. The van der Waals surface area contributed by atoms with Crippen molar-refractivity contribution in [1.82, 2.24) is 20.1 Å². The van der Waals surface area contributed by atoms with E-state index >= 15 is 0 Å². The van der Waals surface area contributed by atoms with Crippen LogP contribution in [-0.4, -0.2) is 33.5 Å². The average molecular weight is 465 g/mol. The molecule has 0 aliphatic rings. The number of carbonyl (C=O) groups is 1. The molecule has 0 bridgehead atoms. The summed E-state index contributed by atoms with van der Waals surface area (Å²) >= 11 is 13.7. The van der Waals surface area contributed by atoms with Crippen molar-refractivity contribution in [3.8, 4) is 11.4 Å². The van der Waals surface area contributed by atoms with E-state index in [1.165, 1.54) is 6.07 Å². The molecule has 0 aliphatic heterocycles. The maximum Gasteiger partial charge on any atom is 0.253 e. The number of methoxy groups -OCH3 is 1. The van der Waals surface area contributed by atoms with Gasteiger partial charge >= 0.3 is 0 Å². The first-order chi connectivity index (χ1) is 14.5. The van der Waals surface area contributed by atoms with Crippen molar-refractivity contribution in [2.75, 3.05) is 12.9 Å². The first-order valence-corrected chi connectivity index (χ1v) is 11.2. The summed E-state index contributed by atoms with van der Waals surface area (Å²) in [5.41, 5.74) is 1.17. The van der Waals surface area contributed by atoms with E-state index in [1.807, 2.05) is 28.8 Å². The number of nitrogens with one attached hydrogen (secondary N) is 1. The predicted octanol–water partition coefficient (Wildman–Crippen LogP) is 5.40. The van der Waals surface area contributed by atoms with Crippen molar-refractivity contribution >= 4 is 40.9 Å². The maximum atomic E-state index is 12.6. The minimum absolute atomic E-state index is 0.178. The third-order valence-corrected chi connectivity index (χ3v) is 5.90. The molecule has 6 nitrogen and oxygen atoms in total. The standard InChI is InChI=1S/C21H22Cl2N4O2S/c1-3-4-11-30-21-26-25-19(27(21)17-7-5-6-8-18(17)29-2)13-24-20(28)15-10-9-14(22)12-16(15)23/h5-10,12H,3-4,11,13H2,1-2H3,(H,24,28). The van der Waals surface area contributed by atoms with E-state index in [0.717, 1.165) is 29.4 Å². The highest BCUT2D eigenvalue weighted by atomic mass is 35.5. The van der Waals surface area contributed by atoms with Gasteiger partial charge in [0.15, 0.2) is 11.0 Å². The van der Waals surface area contributed by atoms with Crippen molar-refractivity contribution < 1.29 is 9.53 Å². The first-order valence-electron chi connectivity index (χ1n) is 9.48. The van der Waals surface area contributed by atoms with Gasteiger partial charge in [0.05, 0.1) is 29.9 Å². The zero-order valence-electron chi connectivity index (χ0n) is 16.7. The van der Waals surface area contributed by atoms with E-state index in [4.69, 9.17) is 27.9 Å². The number of para-hydroxylation sites is 2. The van der Waals surface area contributed by atoms with Crippen molar-refractivity contribution in [2.45, 2.75) is 31.5 Å². The molecule has 1 amide bonds. The second kappa shape index (κ2) is 10.7. The van der Waals surface area contributed by atoms with Gasteiger partial charge in [-0.05, 0) is 36.8 Å². The molecule has 0 saturated heterocycles. The number of carbonyl (C=O) groups excluding carboxylic acids is 1. The zero-order valence-corrected chi connectivity index (χ0v) is 19.0. The number of rotatable bonds is 9. The van der Waals surface area contributed by atoms with E-state index in [2.05, 4.69) is 22.4 Å². The van der Waals surface area contributed by atoms with Crippen LogP contribution in [0.5, 0.6) is 5.75 Å². The molecular weight excluding hydrogens is 443 g/mol. The number of hydrogen-bond donors (Lipinski definition) is 1. The molecule has 0 atom stereocenters. The summed E-state index contributed by atoms with van der Waals surface area (Å²) in [5, 5.41) is 13.0.